The minimum atomic E-state index is -0.683. The summed E-state index contributed by atoms with van der Waals surface area (Å²) in [6, 6.07) is 9.54. The van der Waals surface area contributed by atoms with Gasteiger partial charge in [0.2, 0.25) is 5.91 Å². The van der Waals surface area contributed by atoms with Gasteiger partial charge in [-0.15, -0.1) is 0 Å². The first kappa shape index (κ1) is 26.3. The van der Waals surface area contributed by atoms with E-state index in [1.807, 2.05) is 0 Å². The van der Waals surface area contributed by atoms with Crippen LogP contribution in [0.25, 0.3) is 0 Å². The fraction of sp³-hybridized carbons (Fsp3) is 0.304. The molecule has 2 rings (SSSR count). The van der Waals surface area contributed by atoms with Crippen LogP contribution in [0, 0.1) is 6.92 Å². The molecule has 8 nitrogen and oxygen atoms in total. The van der Waals surface area contributed by atoms with Crippen LogP contribution >= 0.6 is 27.5 Å². The van der Waals surface area contributed by atoms with E-state index in [9.17, 15) is 19.2 Å². The predicted octanol–water partition coefficient (Wildman–Crippen LogP) is 4.88. The zero-order chi connectivity index (χ0) is 24.5. The van der Waals surface area contributed by atoms with Crippen LogP contribution in [-0.4, -0.2) is 36.5 Å². The maximum Gasteiger partial charge on any atom is 0.338 e. The molecule has 0 aliphatic carbocycles. The first-order valence-electron chi connectivity index (χ1n) is 10.1. The number of carbonyl (C=O) groups excluding carboxylic acids is 4. The summed E-state index contributed by atoms with van der Waals surface area (Å²) in [6.45, 7) is 4.82. The molecule has 0 aromatic heterocycles. The van der Waals surface area contributed by atoms with E-state index in [0.29, 0.717) is 26.4 Å². The third-order valence-electron chi connectivity index (χ3n) is 4.21. The molecule has 0 bridgehead atoms. The highest BCUT2D eigenvalue weighted by Crippen LogP contribution is 2.28. The SMILES string of the molecule is Cc1cc(Br)c(Cl)cc1NC(=O)COC(=O)CCC(=O)Nc1ccc(C(=O)OC(C)C)cc1. The van der Waals surface area contributed by atoms with Crippen LogP contribution in [0.15, 0.2) is 40.9 Å². The van der Waals surface area contributed by atoms with E-state index in [0.717, 1.165) is 5.56 Å². The van der Waals surface area contributed by atoms with Crippen LogP contribution in [0.5, 0.6) is 0 Å². The van der Waals surface area contributed by atoms with E-state index in [1.54, 1.807) is 45.0 Å². The second kappa shape index (κ2) is 12.4. The van der Waals surface area contributed by atoms with Gasteiger partial charge in [0.1, 0.15) is 0 Å². The van der Waals surface area contributed by atoms with Gasteiger partial charge >= 0.3 is 11.9 Å². The number of esters is 2. The number of anilines is 2. The molecule has 2 aromatic carbocycles. The first-order valence-corrected chi connectivity index (χ1v) is 11.2. The normalized spacial score (nSPS) is 10.5. The molecule has 0 fully saturated rings. The second-order valence-electron chi connectivity index (χ2n) is 7.37. The van der Waals surface area contributed by atoms with Gasteiger partial charge in [-0.3, -0.25) is 14.4 Å². The number of hydrogen-bond donors (Lipinski definition) is 2. The molecule has 0 aliphatic rings. The molecule has 0 heterocycles. The summed E-state index contributed by atoms with van der Waals surface area (Å²) < 4.78 is 10.7. The smallest absolute Gasteiger partial charge is 0.338 e. The Morgan fingerprint density at radius 1 is 1.00 bits per heavy atom. The summed E-state index contributed by atoms with van der Waals surface area (Å²) >= 11 is 9.32. The molecule has 0 unspecified atom stereocenters. The van der Waals surface area contributed by atoms with Crippen LogP contribution in [0.2, 0.25) is 5.02 Å². The molecule has 10 heteroatoms. The van der Waals surface area contributed by atoms with Crippen LogP contribution < -0.4 is 10.6 Å². The highest BCUT2D eigenvalue weighted by molar-refractivity contribution is 9.10. The zero-order valence-electron chi connectivity index (χ0n) is 18.4. The van der Waals surface area contributed by atoms with Crippen molar-refractivity contribution in [3.8, 4) is 0 Å². The van der Waals surface area contributed by atoms with E-state index < -0.39 is 30.4 Å². The van der Waals surface area contributed by atoms with E-state index >= 15 is 0 Å². The first-order chi connectivity index (χ1) is 15.5. The quantitative estimate of drug-likeness (QED) is 0.440. The summed E-state index contributed by atoms with van der Waals surface area (Å²) in [4.78, 5) is 47.8. The number of halogens is 2. The fourth-order valence-electron chi connectivity index (χ4n) is 2.60. The number of carbonyl (C=O) groups is 4. The average molecular weight is 540 g/mol. The highest BCUT2D eigenvalue weighted by atomic mass is 79.9. The predicted molar refractivity (Wildman–Crippen MR) is 128 cm³/mol. The molecule has 0 saturated carbocycles. The van der Waals surface area contributed by atoms with Gasteiger partial charge in [-0.1, -0.05) is 11.6 Å². The van der Waals surface area contributed by atoms with Crippen molar-refractivity contribution >= 4 is 62.7 Å². The molecular weight excluding hydrogens is 516 g/mol. The Kier molecular flexibility index (Phi) is 9.87. The van der Waals surface area contributed by atoms with Crippen molar-refractivity contribution in [3.63, 3.8) is 0 Å². The van der Waals surface area contributed by atoms with Crippen molar-refractivity contribution in [2.45, 2.75) is 39.7 Å². The van der Waals surface area contributed by atoms with Gasteiger partial charge in [0, 0.05) is 22.3 Å². The monoisotopic (exact) mass is 538 g/mol. The van der Waals surface area contributed by atoms with Gasteiger partial charge in [-0.05, 0) is 78.7 Å². The Labute approximate surface area is 205 Å². The van der Waals surface area contributed by atoms with E-state index in [-0.39, 0.29) is 18.9 Å². The maximum atomic E-state index is 12.1. The lowest BCUT2D eigenvalue weighted by molar-refractivity contribution is -0.147. The zero-order valence-corrected chi connectivity index (χ0v) is 20.7. The fourth-order valence-corrected chi connectivity index (χ4v) is 3.22. The largest absolute Gasteiger partial charge is 0.459 e. The molecule has 0 atom stereocenters. The third kappa shape index (κ3) is 8.86. The molecule has 0 saturated heterocycles. The molecule has 2 N–H and O–H groups in total. The minimum absolute atomic E-state index is 0.126. The van der Waals surface area contributed by atoms with Gasteiger partial charge < -0.3 is 20.1 Å². The van der Waals surface area contributed by atoms with E-state index in [2.05, 4.69) is 26.6 Å². The molecule has 0 aliphatic heterocycles. The van der Waals surface area contributed by atoms with E-state index in [1.165, 1.54) is 12.1 Å². The van der Waals surface area contributed by atoms with Crippen molar-refractivity contribution in [2.24, 2.45) is 0 Å². The van der Waals surface area contributed by atoms with Crippen molar-refractivity contribution in [1.82, 2.24) is 0 Å². The van der Waals surface area contributed by atoms with Crippen LogP contribution in [0.3, 0.4) is 0 Å². The van der Waals surface area contributed by atoms with Crippen molar-refractivity contribution in [3.05, 3.63) is 57.0 Å². The molecule has 176 valence electrons. The van der Waals surface area contributed by atoms with Gasteiger partial charge in [0.15, 0.2) is 6.61 Å². The molecule has 0 radical (unpaired) electrons. The summed E-state index contributed by atoms with van der Waals surface area (Å²) in [5, 5.41) is 5.68. The van der Waals surface area contributed by atoms with Crippen molar-refractivity contribution in [1.29, 1.82) is 0 Å². The van der Waals surface area contributed by atoms with Gasteiger partial charge in [0.25, 0.3) is 5.91 Å². The lowest BCUT2D eigenvalue weighted by Crippen LogP contribution is -2.22. The number of amides is 2. The summed E-state index contributed by atoms with van der Waals surface area (Å²) in [6.07, 6.45) is -0.550. The van der Waals surface area contributed by atoms with E-state index in [4.69, 9.17) is 21.1 Å². The van der Waals surface area contributed by atoms with Crippen molar-refractivity contribution < 1.29 is 28.7 Å². The van der Waals surface area contributed by atoms with Gasteiger partial charge in [0.05, 0.1) is 23.1 Å². The topological polar surface area (TPSA) is 111 Å². The Bertz CT molecular complexity index is 1040. The third-order valence-corrected chi connectivity index (χ3v) is 5.41. The maximum absolute atomic E-state index is 12.1. The molecule has 2 amide bonds. The van der Waals surface area contributed by atoms with Crippen LogP contribution in [0.4, 0.5) is 11.4 Å². The number of nitrogens with one attached hydrogen (secondary N) is 2. The molecular formula is C23H24BrClN2O6. The molecule has 33 heavy (non-hydrogen) atoms. The second-order valence-corrected chi connectivity index (χ2v) is 8.63. The average Bonchev–Trinajstić information content (AvgIpc) is 2.74. The number of rotatable bonds is 9. The highest BCUT2D eigenvalue weighted by Gasteiger charge is 2.13. The van der Waals surface area contributed by atoms with Crippen LogP contribution in [-0.2, 0) is 23.9 Å². The number of aryl methyl sites for hydroxylation is 1. The Morgan fingerprint density at radius 2 is 1.67 bits per heavy atom. The van der Waals surface area contributed by atoms with Crippen LogP contribution in [0.1, 0.15) is 42.6 Å². The number of hydrogen-bond acceptors (Lipinski definition) is 6. The number of ether oxygens (including phenoxy) is 2. The van der Waals surface area contributed by atoms with Gasteiger partial charge in [-0.25, -0.2) is 4.79 Å². The lowest BCUT2D eigenvalue weighted by Gasteiger charge is -2.10. The summed E-state index contributed by atoms with van der Waals surface area (Å²) in [5.41, 5.74) is 2.13. The Morgan fingerprint density at radius 3 is 2.30 bits per heavy atom. The standard InChI is InChI=1S/C23H24BrClN2O6/c1-13(2)33-23(31)15-4-6-16(7-5-15)26-20(28)8-9-22(30)32-12-21(29)27-19-11-18(25)17(24)10-14(19)3/h4-7,10-11,13H,8-9,12H2,1-3H3,(H,26,28)(H,27,29). The summed E-state index contributed by atoms with van der Waals surface area (Å²) in [7, 11) is 0. The number of benzene rings is 2. The summed E-state index contributed by atoms with van der Waals surface area (Å²) in [5.74, 6) is -2.06. The molecule has 0 spiro atoms. The Balaban J connectivity index is 1.73. The van der Waals surface area contributed by atoms with Gasteiger partial charge in [-0.2, -0.15) is 0 Å². The lowest BCUT2D eigenvalue weighted by atomic mass is 10.2. The van der Waals surface area contributed by atoms with Crippen molar-refractivity contribution in [2.75, 3.05) is 17.2 Å². The minimum Gasteiger partial charge on any atom is -0.459 e. The Hall–Kier alpha value is -2.91. The molecule has 2 aromatic rings.